The van der Waals surface area contributed by atoms with E-state index in [1.807, 2.05) is 13.0 Å². The van der Waals surface area contributed by atoms with E-state index >= 15 is 0 Å². The van der Waals surface area contributed by atoms with E-state index < -0.39 is 6.09 Å². The van der Waals surface area contributed by atoms with Crippen LogP contribution in [0.3, 0.4) is 0 Å². The maximum Gasteiger partial charge on any atom is 0.411 e. The summed E-state index contributed by atoms with van der Waals surface area (Å²) < 4.78 is 12.4. The molecule has 0 aliphatic carbocycles. The number of hydrogen-bond acceptors (Lipinski definition) is 8. The predicted octanol–water partition coefficient (Wildman–Crippen LogP) is 6.32. The van der Waals surface area contributed by atoms with Gasteiger partial charge in [-0.2, -0.15) is 0 Å². The predicted molar refractivity (Wildman–Crippen MR) is 152 cm³/mol. The van der Waals surface area contributed by atoms with E-state index in [9.17, 15) is 9.90 Å². The van der Waals surface area contributed by atoms with Gasteiger partial charge in [0.1, 0.15) is 22.4 Å². The number of rotatable bonds is 6. The van der Waals surface area contributed by atoms with Crippen LogP contribution in [0.15, 0.2) is 42.7 Å². The Morgan fingerprint density at radius 3 is 2.77 bits per heavy atom. The van der Waals surface area contributed by atoms with E-state index in [0.29, 0.717) is 34.3 Å². The number of methoxy groups -OCH3 is 1. The highest BCUT2D eigenvalue weighted by Gasteiger charge is 2.31. The smallest absolute Gasteiger partial charge is 0.411 e. The molecule has 39 heavy (non-hydrogen) atoms. The van der Waals surface area contributed by atoms with Gasteiger partial charge in [-0.05, 0) is 43.2 Å². The fraction of sp³-hybridized carbons (Fsp3) is 0.250. The number of ether oxygens (including phenoxy) is 2. The molecule has 1 amide bonds. The fourth-order valence-corrected chi connectivity index (χ4v) is 6.23. The summed E-state index contributed by atoms with van der Waals surface area (Å²) in [4.78, 5) is 31.7. The number of carbonyl (C=O) groups is 1. The van der Waals surface area contributed by atoms with Crippen molar-refractivity contribution in [2.45, 2.75) is 32.8 Å². The molecule has 11 heteroatoms. The number of anilines is 1. The monoisotopic (exact) mass is 561 g/mol. The van der Waals surface area contributed by atoms with E-state index in [1.54, 1.807) is 37.7 Å². The Labute approximate surface area is 233 Å². The molecule has 4 heterocycles. The summed E-state index contributed by atoms with van der Waals surface area (Å²) >= 11 is 8.20. The number of thiazole rings is 1. The minimum Gasteiger partial charge on any atom is -0.488 e. The first-order valence-corrected chi connectivity index (χ1v) is 13.6. The third-order valence-electron chi connectivity index (χ3n) is 6.76. The Morgan fingerprint density at radius 2 is 2.05 bits per heavy atom. The molecule has 198 valence electrons. The van der Waals surface area contributed by atoms with Gasteiger partial charge in [0.2, 0.25) is 5.88 Å². The van der Waals surface area contributed by atoms with E-state index in [0.717, 1.165) is 49.5 Å². The first kappa shape index (κ1) is 25.3. The van der Waals surface area contributed by atoms with Crippen molar-refractivity contribution >= 4 is 56.0 Å². The van der Waals surface area contributed by atoms with Crippen molar-refractivity contribution in [3.8, 4) is 22.2 Å². The first-order chi connectivity index (χ1) is 18.8. The number of halogens is 1. The third-order valence-corrected chi connectivity index (χ3v) is 8.20. The van der Waals surface area contributed by atoms with E-state index in [1.165, 1.54) is 16.2 Å². The number of hydrogen-bond donors (Lipinski definition) is 1. The zero-order chi connectivity index (χ0) is 27.3. The number of aryl methyl sites for hydroxylation is 2. The van der Waals surface area contributed by atoms with Crippen LogP contribution < -0.4 is 14.4 Å². The number of amides is 1. The third kappa shape index (κ3) is 4.59. The normalized spacial score (nSPS) is 14.4. The van der Waals surface area contributed by atoms with Gasteiger partial charge in [-0.3, -0.25) is 9.88 Å². The average Bonchev–Trinajstić information content (AvgIpc) is 3.56. The summed E-state index contributed by atoms with van der Waals surface area (Å²) in [6.45, 7) is 4.10. The van der Waals surface area contributed by atoms with E-state index in [4.69, 9.17) is 26.1 Å². The number of carboxylic acid groups (broad SMARTS) is 1. The van der Waals surface area contributed by atoms with E-state index in [2.05, 4.69) is 27.9 Å². The topological polar surface area (TPSA) is 111 Å². The van der Waals surface area contributed by atoms with Crippen molar-refractivity contribution in [2.75, 3.05) is 18.6 Å². The summed E-state index contributed by atoms with van der Waals surface area (Å²) in [5.41, 5.74) is 6.43. The van der Waals surface area contributed by atoms with Crippen LogP contribution in [-0.4, -0.2) is 50.9 Å². The summed E-state index contributed by atoms with van der Waals surface area (Å²) in [6.07, 6.45) is 3.07. The molecule has 0 saturated carbocycles. The second-order valence-corrected chi connectivity index (χ2v) is 10.7. The first-order valence-electron chi connectivity index (χ1n) is 12.4. The maximum absolute atomic E-state index is 12.1. The lowest BCUT2D eigenvalue weighted by molar-refractivity contribution is 0.191. The zero-order valence-corrected chi connectivity index (χ0v) is 23.0. The number of pyridine rings is 1. The van der Waals surface area contributed by atoms with Gasteiger partial charge in [-0.1, -0.05) is 18.5 Å². The Hall–Kier alpha value is -4.02. The largest absolute Gasteiger partial charge is 0.488 e. The lowest BCUT2D eigenvalue weighted by Crippen LogP contribution is -2.38. The lowest BCUT2D eigenvalue weighted by Gasteiger charge is -2.22. The van der Waals surface area contributed by atoms with Gasteiger partial charge in [0.25, 0.3) is 0 Å². The minimum absolute atomic E-state index is 0.153. The molecule has 0 saturated heterocycles. The van der Waals surface area contributed by atoms with Crippen LogP contribution in [0.4, 0.5) is 10.5 Å². The quantitative estimate of drug-likeness (QED) is 0.256. The highest BCUT2D eigenvalue weighted by Crippen LogP contribution is 2.45. The van der Waals surface area contributed by atoms with Gasteiger partial charge in [0.05, 0.1) is 52.5 Å². The lowest BCUT2D eigenvalue weighted by atomic mass is 10.1. The Morgan fingerprint density at radius 1 is 1.21 bits per heavy atom. The van der Waals surface area contributed by atoms with Gasteiger partial charge < -0.3 is 14.6 Å². The number of nitrogens with zero attached hydrogens (tertiary/aromatic N) is 5. The van der Waals surface area contributed by atoms with Gasteiger partial charge in [-0.25, -0.2) is 19.7 Å². The highest BCUT2D eigenvalue weighted by atomic mass is 35.5. The molecular weight excluding hydrogens is 538 g/mol. The van der Waals surface area contributed by atoms with Crippen LogP contribution in [0.5, 0.6) is 11.6 Å². The van der Waals surface area contributed by atoms with Crippen molar-refractivity contribution in [3.05, 3.63) is 64.6 Å². The maximum atomic E-state index is 12.1. The SMILES string of the molecule is CCc1cc(-c2nc3c(Cl)cc4c(c3s2)CC(CN(C(=O)O)c2ccc(C)nc2)O4)c2ncc(OC)nc2c1. The standard InChI is InChI=1S/C28H24ClN5O4S/c1-4-15-7-19(24-21(8-15)32-23(37-3)12-31-24)27-33-25-20(29)10-22-18(26(25)39-27)9-17(38-22)13-34(28(35)36)16-6-5-14(2)30-11-16/h5-8,10-12,17H,4,9,13H2,1-3H3,(H,35,36). The van der Waals surface area contributed by atoms with Gasteiger partial charge in [0, 0.05) is 29.3 Å². The molecule has 0 bridgehead atoms. The Bertz CT molecular complexity index is 1740. The molecule has 1 atom stereocenters. The molecule has 1 aliphatic rings. The summed E-state index contributed by atoms with van der Waals surface area (Å²) in [6, 6.07) is 9.41. The van der Waals surface area contributed by atoms with Crippen LogP contribution in [0.25, 0.3) is 31.8 Å². The molecule has 3 aromatic heterocycles. The number of fused-ring (bicyclic) bond motifs is 4. The molecule has 1 aliphatic heterocycles. The minimum atomic E-state index is -1.07. The molecule has 1 N–H and O–H groups in total. The van der Waals surface area contributed by atoms with Crippen LogP contribution in [0, 0.1) is 6.92 Å². The van der Waals surface area contributed by atoms with Gasteiger partial charge in [0.15, 0.2) is 0 Å². The molecule has 6 rings (SSSR count). The Balaban J connectivity index is 1.38. The van der Waals surface area contributed by atoms with Gasteiger partial charge in [-0.15, -0.1) is 11.3 Å². The molecule has 0 radical (unpaired) electrons. The fourth-order valence-electron chi connectivity index (χ4n) is 4.78. The molecule has 9 nitrogen and oxygen atoms in total. The van der Waals surface area contributed by atoms with Crippen LogP contribution in [-0.2, 0) is 12.8 Å². The summed E-state index contributed by atoms with van der Waals surface area (Å²) in [5.74, 6) is 1.10. The molecule has 2 aromatic carbocycles. The molecule has 5 aromatic rings. The second-order valence-electron chi connectivity index (χ2n) is 9.30. The number of benzene rings is 2. The second kappa shape index (κ2) is 9.94. The van der Waals surface area contributed by atoms with Crippen molar-refractivity contribution in [1.29, 1.82) is 0 Å². The van der Waals surface area contributed by atoms with Crippen molar-refractivity contribution in [3.63, 3.8) is 0 Å². The molecule has 0 spiro atoms. The summed E-state index contributed by atoms with van der Waals surface area (Å²) in [5, 5.41) is 11.1. The Kier molecular flexibility index (Phi) is 6.44. The average molecular weight is 562 g/mol. The van der Waals surface area contributed by atoms with Crippen molar-refractivity contribution < 1.29 is 19.4 Å². The van der Waals surface area contributed by atoms with E-state index in [-0.39, 0.29) is 12.6 Å². The van der Waals surface area contributed by atoms with Crippen LogP contribution in [0.2, 0.25) is 5.02 Å². The highest BCUT2D eigenvalue weighted by molar-refractivity contribution is 7.22. The summed E-state index contributed by atoms with van der Waals surface area (Å²) in [7, 11) is 1.57. The van der Waals surface area contributed by atoms with Crippen LogP contribution in [0.1, 0.15) is 23.7 Å². The zero-order valence-electron chi connectivity index (χ0n) is 21.4. The molecule has 0 fully saturated rings. The van der Waals surface area contributed by atoms with Gasteiger partial charge >= 0.3 is 6.09 Å². The van der Waals surface area contributed by atoms with Crippen molar-refractivity contribution in [2.24, 2.45) is 0 Å². The van der Waals surface area contributed by atoms with Crippen LogP contribution >= 0.6 is 22.9 Å². The molecular formula is C28H24ClN5O4S. The molecule has 1 unspecified atom stereocenters. The number of aromatic nitrogens is 4. The van der Waals surface area contributed by atoms with Crippen molar-refractivity contribution in [1.82, 2.24) is 19.9 Å².